The van der Waals surface area contributed by atoms with Gasteiger partial charge in [0.1, 0.15) is 16.5 Å². The standard InChI is InChI=1S/C22H27N3O2S/c1-23-12-13-25(2)15-20-21(17-6-5-7-19(14-17)27-4)28-22(24-20)16-8-10-18(26-3)11-9-16/h5-11,14,23H,12-13,15H2,1-4H3. The number of benzene rings is 2. The molecule has 0 fully saturated rings. The third-order valence-electron chi connectivity index (χ3n) is 4.53. The molecular formula is C22H27N3O2S. The highest BCUT2D eigenvalue weighted by Gasteiger charge is 2.16. The minimum absolute atomic E-state index is 0.793. The smallest absolute Gasteiger partial charge is 0.124 e. The summed E-state index contributed by atoms with van der Waals surface area (Å²) in [5.41, 5.74) is 3.32. The molecule has 0 amide bonds. The number of likely N-dealkylation sites (N-methyl/N-ethyl adjacent to an activating group) is 2. The molecule has 0 aliphatic heterocycles. The number of hydrogen-bond donors (Lipinski definition) is 1. The molecule has 5 nitrogen and oxygen atoms in total. The van der Waals surface area contributed by atoms with Gasteiger partial charge in [0.2, 0.25) is 0 Å². The first-order valence-corrected chi connectivity index (χ1v) is 10.1. The van der Waals surface area contributed by atoms with Crippen molar-refractivity contribution in [2.45, 2.75) is 6.54 Å². The zero-order valence-corrected chi connectivity index (χ0v) is 17.7. The van der Waals surface area contributed by atoms with Crippen LogP contribution in [-0.2, 0) is 6.54 Å². The normalized spacial score (nSPS) is 11.0. The Morgan fingerprint density at radius 3 is 2.43 bits per heavy atom. The second-order valence-corrected chi connectivity index (χ2v) is 7.60. The van der Waals surface area contributed by atoms with E-state index < -0.39 is 0 Å². The van der Waals surface area contributed by atoms with E-state index in [1.54, 1.807) is 25.6 Å². The predicted octanol–water partition coefficient (Wildman–Crippen LogP) is 4.15. The number of nitrogens with zero attached hydrogens (tertiary/aromatic N) is 2. The van der Waals surface area contributed by atoms with Gasteiger partial charge in [0.05, 0.1) is 24.8 Å². The lowest BCUT2D eigenvalue weighted by Gasteiger charge is -2.16. The first kappa shape index (κ1) is 20.3. The van der Waals surface area contributed by atoms with Gasteiger partial charge < -0.3 is 14.8 Å². The maximum Gasteiger partial charge on any atom is 0.124 e. The van der Waals surface area contributed by atoms with E-state index in [1.165, 1.54) is 4.88 Å². The van der Waals surface area contributed by atoms with E-state index in [1.807, 2.05) is 31.3 Å². The molecule has 2 aromatic carbocycles. The average Bonchev–Trinajstić information content (AvgIpc) is 3.16. The molecule has 0 saturated heterocycles. The van der Waals surface area contributed by atoms with Crippen LogP contribution in [0.25, 0.3) is 21.0 Å². The zero-order valence-electron chi connectivity index (χ0n) is 16.9. The molecule has 0 unspecified atom stereocenters. The molecule has 0 aliphatic rings. The third kappa shape index (κ3) is 4.90. The quantitative estimate of drug-likeness (QED) is 0.588. The van der Waals surface area contributed by atoms with Gasteiger partial charge in [-0.1, -0.05) is 12.1 Å². The van der Waals surface area contributed by atoms with Crippen molar-refractivity contribution in [2.24, 2.45) is 0 Å². The highest BCUT2D eigenvalue weighted by molar-refractivity contribution is 7.18. The highest BCUT2D eigenvalue weighted by Crippen LogP contribution is 2.37. The lowest BCUT2D eigenvalue weighted by molar-refractivity contribution is 0.325. The molecule has 3 aromatic rings. The van der Waals surface area contributed by atoms with Crippen molar-refractivity contribution in [3.63, 3.8) is 0 Å². The summed E-state index contributed by atoms with van der Waals surface area (Å²) in [6.07, 6.45) is 0. The van der Waals surface area contributed by atoms with Gasteiger partial charge >= 0.3 is 0 Å². The monoisotopic (exact) mass is 397 g/mol. The molecule has 6 heteroatoms. The van der Waals surface area contributed by atoms with Crippen molar-refractivity contribution in [2.75, 3.05) is 41.4 Å². The van der Waals surface area contributed by atoms with Crippen molar-refractivity contribution in [3.8, 4) is 32.5 Å². The fourth-order valence-electron chi connectivity index (χ4n) is 2.94. The second-order valence-electron chi connectivity index (χ2n) is 6.60. The van der Waals surface area contributed by atoms with Gasteiger partial charge in [0.25, 0.3) is 0 Å². The maximum atomic E-state index is 5.42. The van der Waals surface area contributed by atoms with E-state index in [0.717, 1.165) is 53.0 Å². The molecule has 148 valence electrons. The van der Waals surface area contributed by atoms with Crippen LogP contribution in [-0.4, -0.2) is 51.3 Å². The molecule has 0 spiro atoms. The van der Waals surface area contributed by atoms with Crippen LogP contribution in [0.15, 0.2) is 48.5 Å². The van der Waals surface area contributed by atoms with Gasteiger partial charge in [-0.15, -0.1) is 11.3 Å². The summed E-state index contributed by atoms with van der Waals surface area (Å²) in [6.45, 7) is 2.70. The number of aromatic nitrogens is 1. The molecule has 0 saturated carbocycles. The minimum atomic E-state index is 0.793. The van der Waals surface area contributed by atoms with Gasteiger partial charge in [-0.05, 0) is 56.1 Å². The number of nitrogens with one attached hydrogen (secondary N) is 1. The first-order chi connectivity index (χ1) is 13.6. The van der Waals surface area contributed by atoms with Crippen molar-refractivity contribution in [1.29, 1.82) is 0 Å². The molecule has 0 bridgehead atoms. The second kappa shape index (κ2) is 9.68. The number of methoxy groups -OCH3 is 2. The molecule has 1 heterocycles. The SMILES string of the molecule is CNCCN(C)Cc1nc(-c2ccc(OC)cc2)sc1-c1cccc(OC)c1. The Bertz CT molecular complexity index is 893. The Balaban J connectivity index is 1.98. The van der Waals surface area contributed by atoms with Crippen LogP contribution in [0.5, 0.6) is 11.5 Å². The summed E-state index contributed by atoms with van der Waals surface area (Å²) < 4.78 is 10.7. The number of hydrogen-bond acceptors (Lipinski definition) is 6. The van der Waals surface area contributed by atoms with Crippen molar-refractivity contribution >= 4 is 11.3 Å². The summed E-state index contributed by atoms with van der Waals surface area (Å²) in [4.78, 5) is 8.46. The molecule has 0 radical (unpaired) electrons. The van der Waals surface area contributed by atoms with E-state index in [-0.39, 0.29) is 0 Å². The van der Waals surface area contributed by atoms with Crippen molar-refractivity contribution < 1.29 is 9.47 Å². The van der Waals surface area contributed by atoms with E-state index in [2.05, 4.69) is 41.5 Å². The summed E-state index contributed by atoms with van der Waals surface area (Å²) in [5, 5.41) is 4.21. The fraction of sp³-hybridized carbons (Fsp3) is 0.318. The highest BCUT2D eigenvalue weighted by atomic mass is 32.1. The van der Waals surface area contributed by atoms with Crippen LogP contribution in [0.1, 0.15) is 5.69 Å². The van der Waals surface area contributed by atoms with E-state index in [0.29, 0.717) is 0 Å². The molecule has 1 aromatic heterocycles. The number of thiazole rings is 1. The van der Waals surface area contributed by atoms with Crippen LogP contribution >= 0.6 is 11.3 Å². The maximum absolute atomic E-state index is 5.42. The van der Waals surface area contributed by atoms with Crippen LogP contribution in [0.4, 0.5) is 0 Å². The topological polar surface area (TPSA) is 46.6 Å². The molecular weight excluding hydrogens is 370 g/mol. The zero-order chi connectivity index (χ0) is 19.9. The number of rotatable bonds is 9. The first-order valence-electron chi connectivity index (χ1n) is 9.26. The Labute approximate surface area is 170 Å². The molecule has 3 rings (SSSR count). The summed E-state index contributed by atoms with van der Waals surface area (Å²) in [7, 11) is 7.47. The van der Waals surface area contributed by atoms with Gasteiger partial charge in [-0.3, -0.25) is 4.90 Å². The third-order valence-corrected chi connectivity index (χ3v) is 5.73. The fourth-order valence-corrected chi connectivity index (χ4v) is 4.02. The van der Waals surface area contributed by atoms with Crippen LogP contribution in [0.3, 0.4) is 0 Å². The van der Waals surface area contributed by atoms with Crippen molar-refractivity contribution in [3.05, 3.63) is 54.2 Å². The Morgan fingerprint density at radius 2 is 1.75 bits per heavy atom. The Hall–Kier alpha value is -2.41. The predicted molar refractivity (Wildman–Crippen MR) is 116 cm³/mol. The Kier molecular flexibility index (Phi) is 7.03. The summed E-state index contributed by atoms with van der Waals surface area (Å²) in [5.74, 6) is 1.70. The summed E-state index contributed by atoms with van der Waals surface area (Å²) in [6, 6.07) is 16.2. The van der Waals surface area contributed by atoms with Crippen LogP contribution < -0.4 is 14.8 Å². The van der Waals surface area contributed by atoms with E-state index in [4.69, 9.17) is 14.5 Å². The lowest BCUT2D eigenvalue weighted by atomic mass is 10.1. The van der Waals surface area contributed by atoms with E-state index in [9.17, 15) is 0 Å². The summed E-state index contributed by atoms with van der Waals surface area (Å²) >= 11 is 1.71. The number of ether oxygens (including phenoxy) is 2. The van der Waals surface area contributed by atoms with Gasteiger partial charge in [0, 0.05) is 25.2 Å². The largest absolute Gasteiger partial charge is 0.497 e. The Morgan fingerprint density at radius 1 is 1.00 bits per heavy atom. The minimum Gasteiger partial charge on any atom is -0.497 e. The molecule has 28 heavy (non-hydrogen) atoms. The lowest BCUT2D eigenvalue weighted by Crippen LogP contribution is -2.27. The molecule has 1 N–H and O–H groups in total. The van der Waals surface area contributed by atoms with Gasteiger partial charge in [-0.2, -0.15) is 0 Å². The van der Waals surface area contributed by atoms with Gasteiger partial charge in [-0.25, -0.2) is 4.98 Å². The molecule has 0 aliphatic carbocycles. The van der Waals surface area contributed by atoms with Crippen LogP contribution in [0, 0.1) is 0 Å². The average molecular weight is 398 g/mol. The van der Waals surface area contributed by atoms with Gasteiger partial charge in [0.15, 0.2) is 0 Å². The molecule has 0 atom stereocenters. The van der Waals surface area contributed by atoms with Crippen LogP contribution in [0.2, 0.25) is 0 Å². The van der Waals surface area contributed by atoms with Crippen molar-refractivity contribution in [1.82, 2.24) is 15.2 Å². The van der Waals surface area contributed by atoms with E-state index >= 15 is 0 Å².